The Morgan fingerprint density at radius 2 is 1.89 bits per heavy atom. The SMILES string of the molecule is Cc1cccc(N2C(=O)/C(=C/c3ccc(OCC(=O)Nc4ccccc4F)c(Cl)c3)C(=O)NC2=S)c1C. The van der Waals surface area contributed by atoms with Gasteiger partial charge in [0.15, 0.2) is 11.7 Å². The maximum atomic E-state index is 13.7. The largest absolute Gasteiger partial charge is 0.482 e. The van der Waals surface area contributed by atoms with Crippen molar-refractivity contribution in [3.63, 3.8) is 0 Å². The van der Waals surface area contributed by atoms with Crippen molar-refractivity contribution in [1.82, 2.24) is 5.32 Å². The highest BCUT2D eigenvalue weighted by molar-refractivity contribution is 7.80. The number of carbonyl (C=O) groups excluding carboxylic acids is 3. The summed E-state index contributed by atoms with van der Waals surface area (Å²) in [4.78, 5) is 39.3. The smallest absolute Gasteiger partial charge is 0.270 e. The van der Waals surface area contributed by atoms with E-state index in [-0.39, 0.29) is 27.1 Å². The van der Waals surface area contributed by atoms with Crippen LogP contribution in [0.1, 0.15) is 16.7 Å². The van der Waals surface area contributed by atoms with Gasteiger partial charge in [-0.05, 0) is 79.2 Å². The zero-order valence-electron chi connectivity index (χ0n) is 19.8. The number of para-hydroxylation sites is 1. The summed E-state index contributed by atoms with van der Waals surface area (Å²) in [5, 5.41) is 5.12. The molecule has 37 heavy (non-hydrogen) atoms. The summed E-state index contributed by atoms with van der Waals surface area (Å²) in [6.07, 6.45) is 1.40. The number of nitrogens with zero attached hydrogens (tertiary/aromatic N) is 1. The topological polar surface area (TPSA) is 87.7 Å². The van der Waals surface area contributed by atoms with Crippen molar-refractivity contribution < 1.29 is 23.5 Å². The highest BCUT2D eigenvalue weighted by Crippen LogP contribution is 2.29. The van der Waals surface area contributed by atoms with Gasteiger partial charge in [0.2, 0.25) is 0 Å². The second-order valence-electron chi connectivity index (χ2n) is 8.18. The molecule has 1 saturated heterocycles. The molecule has 10 heteroatoms. The van der Waals surface area contributed by atoms with Gasteiger partial charge < -0.3 is 10.1 Å². The molecular formula is C27H21ClFN3O4S. The third kappa shape index (κ3) is 5.68. The van der Waals surface area contributed by atoms with Crippen LogP contribution in [0.25, 0.3) is 6.08 Å². The number of carbonyl (C=O) groups is 3. The first-order valence-corrected chi connectivity index (χ1v) is 11.9. The molecule has 1 aliphatic heterocycles. The summed E-state index contributed by atoms with van der Waals surface area (Å²) >= 11 is 11.6. The molecule has 7 nitrogen and oxygen atoms in total. The van der Waals surface area contributed by atoms with Crippen LogP contribution in [0.3, 0.4) is 0 Å². The van der Waals surface area contributed by atoms with E-state index in [9.17, 15) is 18.8 Å². The molecule has 0 saturated carbocycles. The van der Waals surface area contributed by atoms with Crippen LogP contribution in [0.4, 0.5) is 15.8 Å². The number of benzene rings is 3. The third-order valence-corrected chi connectivity index (χ3v) is 6.27. The standard InChI is InChI=1S/C27H21ClFN3O4S/c1-15-6-5-9-22(16(15)2)32-26(35)18(25(34)31-27(32)37)12-17-10-11-23(19(28)13-17)36-14-24(33)30-21-8-4-3-7-20(21)29/h3-13H,14H2,1-2H3,(H,30,33)(H,31,34,37)/b18-12+. The Morgan fingerprint density at radius 3 is 2.62 bits per heavy atom. The second kappa shape index (κ2) is 10.9. The quantitative estimate of drug-likeness (QED) is 0.264. The van der Waals surface area contributed by atoms with Crippen molar-refractivity contribution in [2.75, 3.05) is 16.8 Å². The minimum absolute atomic E-state index is 0.00343. The molecule has 1 heterocycles. The van der Waals surface area contributed by atoms with Crippen molar-refractivity contribution in [3.8, 4) is 5.75 Å². The van der Waals surface area contributed by atoms with Crippen LogP contribution in [0.15, 0.2) is 66.2 Å². The average molecular weight is 538 g/mol. The van der Waals surface area contributed by atoms with Crippen molar-refractivity contribution in [1.29, 1.82) is 0 Å². The Hall–Kier alpha value is -4.08. The zero-order chi connectivity index (χ0) is 26.7. The Balaban J connectivity index is 1.51. The van der Waals surface area contributed by atoms with Crippen LogP contribution >= 0.6 is 23.8 Å². The molecule has 1 aliphatic rings. The molecule has 3 aromatic rings. The lowest BCUT2D eigenvalue weighted by molar-refractivity contribution is -0.122. The van der Waals surface area contributed by atoms with Crippen LogP contribution in [-0.2, 0) is 14.4 Å². The molecule has 4 rings (SSSR count). The number of ether oxygens (including phenoxy) is 1. The summed E-state index contributed by atoms with van der Waals surface area (Å²) in [6.45, 7) is 3.38. The van der Waals surface area contributed by atoms with Crippen LogP contribution in [0.2, 0.25) is 5.02 Å². The first-order chi connectivity index (χ1) is 17.7. The first-order valence-electron chi connectivity index (χ1n) is 11.1. The number of aryl methyl sites for hydroxylation is 1. The van der Waals surface area contributed by atoms with Gasteiger partial charge in [0.1, 0.15) is 17.1 Å². The molecule has 2 N–H and O–H groups in total. The maximum absolute atomic E-state index is 13.7. The second-order valence-corrected chi connectivity index (χ2v) is 8.98. The van der Waals surface area contributed by atoms with Gasteiger partial charge in [-0.3, -0.25) is 24.6 Å². The zero-order valence-corrected chi connectivity index (χ0v) is 21.4. The predicted molar refractivity (Wildman–Crippen MR) is 144 cm³/mol. The van der Waals surface area contributed by atoms with E-state index < -0.39 is 30.1 Å². The molecule has 188 valence electrons. The number of amides is 3. The number of thiocarbonyl (C=S) groups is 1. The lowest BCUT2D eigenvalue weighted by Gasteiger charge is -2.30. The van der Waals surface area contributed by atoms with Gasteiger partial charge >= 0.3 is 0 Å². The van der Waals surface area contributed by atoms with Gasteiger partial charge in [-0.1, -0.05) is 41.9 Å². The molecule has 0 aromatic heterocycles. The number of rotatable bonds is 6. The number of hydrogen-bond donors (Lipinski definition) is 2. The predicted octanol–water partition coefficient (Wildman–Crippen LogP) is 4.94. The summed E-state index contributed by atoms with van der Waals surface area (Å²) in [5.74, 6) is -2.13. The van der Waals surface area contributed by atoms with Crippen molar-refractivity contribution >= 4 is 64.1 Å². The third-order valence-electron chi connectivity index (χ3n) is 5.69. The van der Waals surface area contributed by atoms with E-state index in [0.717, 1.165) is 11.1 Å². The Bertz CT molecular complexity index is 1470. The van der Waals surface area contributed by atoms with Gasteiger partial charge in [-0.15, -0.1) is 0 Å². The Kier molecular flexibility index (Phi) is 7.66. The lowest BCUT2D eigenvalue weighted by atomic mass is 10.0. The minimum Gasteiger partial charge on any atom is -0.482 e. The van der Waals surface area contributed by atoms with E-state index >= 15 is 0 Å². The van der Waals surface area contributed by atoms with E-state index in [1.807, 2.05) is 26.0 Å². The van der Waals surface area contributed by atoms with E-state index in [1.165, 1.54) is 41.3 Å². The van der Waals surface area contributed by atoms with Gasteiger partial charge in [-0.25, -0.2) is 4.39 Å². The normalized spacial score (nSPS) is 14.5. The summed E-state index contributed by atoms with van der Waals surface area (Å²) in [6, 6.07) is 15.8. The van der Waals surface area contributed by atoms with E-state index in [4.69, 9.17) is 28.6 Å². The maximum Gasteiger partial charge on any atom is 0.270 e. The number of halogens is 2. The molecule has 0 bridgehead atoms. The fourth-order valence-corrected chi connectivity index (χ4v) is 4.15. The average Bonchev–Trinajstić information content (AvgIpc) is 2.85. The van der Waals surface area contributed by atoms with E-state index in [2.05, 4.69) is 10.6 Å². The van der Waals surface area contributed by atoms with Gasteiger partial charge in [0.25, 0.3) is 17.7 Å². The summed E-state index contributed by atoms with van der Waals surface area (Å²) in [5.41, 5.74) is 2.78. The van der Waals surface area contributed by atoms with Crippen LogP contribution in [0.5, 0.6) is 5.75 Å². The minimum atomic E-state index is -0.627. The van der Waals surface area contributed by atoms with Crippen molar-refractivity contribution in [3.05, 3.63) is 93.8 Å². The van der Waals surface area contributed by atoms with Crippen LogP contribution < -0.4 is 20.3 Å². The monoisotopic (exact) mass is 537 g/mol. The van der Waals surface area contributed by atoms with Crippen molar-refractivity contribution in [2.24, 2.45) is 0 Å². The fraction of sp³-hybridized carbons (Fsp3) is 0.111. The fourth-order valence-electron chi connectivity index (χ4n) is 3.64. The molecule has 0 unspecified atom stereocenters. The number of hydrogen-bond acceptors (Lipinski definition) is 5. The highest BCUT2D eigenvalue weighted by atomic mass is 35.5. The van der Waals surface area contributed by atoms with Crippen LogP contribution in [-0.4, -0.2) is 29.4 Å². The van der Waals surface area contributed by atoms with E-state index in [0.29, 0.717) is 11.3 Å². The van der Waals surface area contributed by atoms with E-state index in [1.54, 1.807) is 18.2 Å². The van der Waals surface area contributed by atoms with Crippen molar-refractivity contribution in [2.45, 2.75) is 13.8 Å². The molecule has 0 radical (unpaired) electrons. The molecular weight excluding hydrogens is 517 g/mol. The Morgan fingerprint density at radius 1 is 1.14 bits per heavy atom. The molecule has 3 amide bonds. The summed E-state index contributed by atoms with van der Waals surface area (Å²) < 4.78 is 19.2. The highest BCUT2D eigenvalue weighted by Gasteiger charge is 2.35. The van der Waals surface area contributed by atoms with Gasteiger partial charge in [-0.2, -0.15) is 0 Å². The van der Waals surface area contributed by atoms with Gasteiger partial charge in [0, 0.05) is 0 Å². The summed E-state index contributed by atoms with van der Waals surface area (Å²) in [7, 11) is 0. The number of nitrogens with one attached hydrogen (secondary N) is 2. The first kappa shape index (κ1) is 26.0. The molecule has 0 atom stereocenters. The molecule has 1 fully saturated rings. The lowest BCUT2D eigenvalue weighted by Crippen LogP contribution is -2.54. The molecule has 3 aromatic carbocycles. The number of anilines is 2. The van der Waals surface area contributed by atoms with Crippen LogP contribution in [0, 0.1) is 19.7 Å². The van der Waals surface area contributed by atoms with Gasteiger partial charge in [0.05, 0.1) is 16.4 Å². The molecule has 0 spiro atoms. The molecule has 0 aliphatic carbocycles. The Labute approximate surface area is 222 Å².